The summed E-state index contributed by atoms with van der Waals surface area (Å²) in [5.74, 6) is 0.520. The van der Waals surface area contributed by atoms with Crippen LogP contribution in [0.4, 0.5) is 4.39 Å². The third kappa shape index (κ3) is 2.40. The molecule has 1 N–H and O–H groups in total. The quantitative estimate of drug-likeness (QED) is 0.842. The zero-order valence-corrected chi connectivity index (χ0v) is 10.9. The Morgan fingerprint density at radius 2 is 2.12 bits per heavy atom. The van der Waals surface area contributed by atoms with Gasteiger partial charge in [-0.2, -0.15) is 5.10 Å². The molecule has 2 rings (SSSR count). The molecule has 90 valence electrons. The highest BCUT2D eigenvalue weighted by Gasteiger charge is 2.12. The van der Waals surface area contributed by atoms with Crippen molar-refractivity contribution >= 4 is 23.8 Å². The molecule has 0 radical (unpaired) electrons. The molecule has 0 aliphatic rings. The largest absolute Gasteiger partial charge is 0.272 e. The van der Waals surface area contributed by atoms with E-state index in [4.69, 9.17) is 23.8 Å². The molecule has 2 aromatic rings. The topological polar surface area (TPSA) is 33.6 Å². The summed E-state index contributed by atoms with van der Waals surface area (Å²) in [6, 6.07) is 4.29. The van der Waals surface area contributed by atoms with Crippen molar-refractivity contribution < 1.29 is 4.39 Å². The van der Waals surface area contributed by atoms with E-state index in [0.717, 1.165) is 5.82 Å². The summed E-state index contributed by atoms with van der Waals surface area (Å²) in [6.45, 7) is 3.98. The van der Waals surface area contributed by atoms with Gasteiger partial charge in [-0.3, -0.25) is 9.67 Å². The second kappa shape index (κ2) is 4.58. The summed E-state index contributed by atoms with van der Waals surface area (Å²) in [4.78, 5) is 0. The molecule has 0 saturated heterocycles. The van der Waals surface area contributed by atoms with E-state index in [0.29, 0.717) is 15.5 Å². The number of aromatic amines is 1. The summed E-state index contributed by atoms with van der Waals surface area (Å²) in [6.07, 6.45) is 0. The van der Waals surface area contributed by atoms with Gasteiger partial charge in [0.25, 0.3) is 0 Å². The Morgan fingerprint density at radius 1 is 1.41 bits per heavy atom. The van der Waals surface area contributed by atoms with Crippen LogP contribution < -0.4 is 0 Å². The average molecular weight is 272 g/mol. The Bertz CT molecular complexity index is 583. The number of nitrogens with zero attached hydrogens (tertiary/aromatic N) is 2. The molecule has 3 nitrogen and oxygen atoms in total. The lowest BCUT2D eigenvalue weighted by molar-refractivity contribution is 0.625. The number of halogens is 2. The molecule has 6 heteroatoms. The van der Waals surface area contributed by atoms with Crippen molar-refractivity contribution in [2.75, 3.05) is 0 Å². The Kier molecular flexibility index (Phi) is 3.31. The zero-order chi connectivity index (χ0) is 12.6. The van der Waals surface area contributed by atoms with Gasteiger partial charge in [-0.25, -0.2) is 4.39 Å². The molecule has 0 aliphatic heterocycles. The van der Waals surface area contributed by atoms with E-state index in [1.54, 1.807) is 10.6 Å². The molecule has 0 fully saturated rings. The molecular formula is C11H11ClFN3S. The van der Waals surface area contributed by atoms with E-state index in [1.165, 1.54) is 12.1 Å². The van der Waals surface area contributed by atoms with Crippen molar-refractivity contribution in [2.24, 2.45) is 0 Å². The van der Waals surface area contributed by atoms with Crippen LogP contribution >= 0.6 is 23.8 Å². The van der Waals surface area contributed by atoms with E-state index in [2.05, 4.69) is 10.2 Å². The zero-order valence-electron chi connectivity index (χ0n) is 9.37. The van der Waals surface area contributed by atoms with Gasteiger partial charge >= 0.3 is 0 Å². The molecular weight excluding hydrogens is 261 g/mol. The predicted molar refractivity (Wildman–Crippen MR) is 67.8 cm³/mol. The summed E-state index contributed by atoms with van der Waals surface area (Å²) in [5.41, 5.74) is 0.581. The summed E-state index contributed by atoms with van der Waals surface area (Å²) < 4.78 is 15.4. The molecule has 0 unspecified atom stereocenters. The number of rotatable bonds is 2. The fraction of sp³-hybridized carbons (Fsp3) is 0.273. The highest BCUT2D eigenvalue weighted by atomic mass is 35.5. The van der Waals surface area contributed by atoms with Crippen LogP contribution in [-0.2, 0) is 0 Å². The SMILES string of the molecule is CC(C)c1n[nH]c(=S)n1-c1cc(F)cc(Cl)c1. The van der Waals surface area contributed by atoms with Crippen LogP contribution in [0, 0.1) is 10.6 Å². The van der Waals surface area contributed by atoms with Crippen LogP contribution in [0.15, 0.2) is 18.2 Å². The van der Waals surface area contributed by atoms with Crippen molar-refractivity contribution in [3.05, 3.63) is 39.6 Å². The van der Waals surface area contributed by atoms with Gasteiger partial charge in [0.2, 0.25) is 0 Å². The summed E-state index contributed by atoms with van der Waals surface area (Å²) in [7, 11) is 0. The molecule has 1 heterocycles. The first-order chi connectivity index (χ1) is 7.99. The van der Waals surface area contributed by atoms with Crippen molar-refractivity contribution in [3.63, 3.8) is 0 Å². The van der Waals surface area contributed by atoms with E-state index < -0.39 is 5.82 Å². The van der Waals surface area contributed by atoms with E-state index in [1.807, 2.05) is 13.8 Å². The van der Waals surface area contributed by atoms with Crippen LogP contribution in [0.2, 0.25) is 5.02 Å². The van der Waals surface area contributed by atoms with Crippen LogP contribution in [0.3, 0.4) is 0 Å². The molecule has 17 heavy (non-hydrogen) atoms. The minimum Gasteiger partial charge on any atom is -0.272 e. The molecule has 0 spiro atoms. The maximum absolute atomic E-state index is 13.3. The second-order valence-corrected chi connectivity index (χ2v) is 4.83. The number of nitrogens with one attached hydrogen (secondary N) is 1. The van der Waals surface area contributed by atoms with E-state index in [-0.39, 0.29) is 5.92 Å². The lowest BCUT2D eigenvalue weighted by Gasteiger charge is -2.09. The minimum atomic E-state index is -0.398. The normalized spacial score (nSPS) is 11.1. The fourth-order valence-electron chi connectivity index (χ4n) is 1.61. The van der Waals surface area contributed by atoms with Gasteiger partial charge in [0.1, 0.15) is 11.6 Å². The van der Waals surface area contributed by atoms with Gasteiger partial charge in [-0.05, 0) is 30.4 Å². The highest BCUT2D eigenvalue weighted by Crippen LogP contribution is 2.21. The highest BCUT2D eigenvalue weighted by molar-refractivity contribution is 7.71. The number of benzene rings is 1. The van der Waals surface area contributed by atoms with Gasteiger partial charge in [-0.1, -0.05) is 25.4 Å². The first-order valence-corrected chi connectivity index (χ1v) is 5.91. The summed E-state index contributed by atoms with van der Waals surface area (Å²) >= 11 is 11.0. The van der Waals surface area contributed by atoms with Gasteiger partial charge in [0.15, 0.2) is 4.77 Å². The van der Waals surface area contributed by atoms with E-state index in [9.17, 15) is 4.39 Å². The van der Waals surface area contributed by atoms with Crippen LogP contribution in [0.5, 0.6) is 0 Å². The third-order valence-electron chi connectivity index (χ3n) is 2.32. The number of hydrogen-bond acceptors (Lipinski definition) is 2. The number of hydrogen-bond donors (Lipinski definition) is 1. The van der Waals surface area contributed by atoms with Gasteiger partial charge < -0.3 is 0 Å². The predicted octanol–water partition coefficient (Wildman–Crippen LogP) is 3.85. The smallest absolute Gasteiger partial charge is 0.199 e. The molecule has 1 aromatic carbocycles. The molecule has 0 saturated carbocycles. The molecule has 0 aliphatic carbocycles. The number of H-pyrrole nitrogens is 1. The van der Waals surface area contributed by atoms with Crippen molar-refractivity contribution in [3.8, 4) is 5.69 Å². The van der Waals surface area contributed by atoms with E-state index >= 15 is 0 Å². The van der Waals surface area contributed by atoms with Crippen LogP contribution in [0.25, 0.3) is 5.69 Å². The fourth-order valence-corrected chi connectivity index (χ4v) is 2.07. The van der Waals surface area contributed by atoms with Crippen molar-refractivity contribution in [1.29, 1.82) is 0 Å². The molecule has 0 bridgehead atoms. The Labute approximate surface area is 108 Å². The first-order valence-electron chi connectivity index (χ1n) is 5.13. The number of aromatic nitrogens is 3. The lowest BCUT2D eigenvalue weighted by Crippen LogP contribution is -2.03. The Hall–Kier alpha value is -1.20. The Morgan fingerprint density at radius 3 is 2.71 bits per heavy atom. The van der Waals surface area contributed by atoms with Crippen LogP contribution in [0.1, 0.15) is 25.6 Å². The van der Waals surface area contributed by atoms with Crippen LogP contribution in [-0.4, -0.2) is 14.8 Å². The van der Waals surface area contributed by atoms with Gasteiger partial charge in [0.05, 0.1) is 5.69 Å². The lowest BCUT2D eigenvalue weighted by atomic mass is 10.2. The third-order valence-corrected chi connectivity index (χ3v) is 2.81. The van der Waals surface area contributed by atoms with Gasteiger partial charge in [0, 0.05) is 10.9 Å². The van der Waals surface area contributed by atoms with Gasteiger partial charge in [-0.15, -0.1) is 0 Å². The molecule has 1 aromatic heterocycles. The maximum atomic E-state index is 13.3. The average Bonchev–Trinajstić information content (AvgIpc) is 2.58. The first kappa shape index (κ1) is 12.3. The second-order valence-electron chi connectivity index (χ2n) is 4.00. The monoisotopic (exact) mass is 271 g/mol. The summed E-state index contributed by atoms with van der Waals surface area (Å²) in [5, 5.41) is 7.17. The minimum absolute atomic E-state index is 0.171. The van der Waals surface area contributed by atoms with Crippen molar-refractivity contribution in [2.45, 2.75) is 19.8 Å². The Balaban J connectivity index is 2.67. The molecule has 0 amide bonds. The standard InChI is InChI=1S/C11H11ClFN3S/c1-6(2)10-14-15-11(17)16(10)9-4-7(12)3-8(13)5-9/h3-6H,1-2H3,(H,15,17). The molecule has 0 atom stereocenters. The maximum Gasteiger partial charge on any atom is 0.199 e. The van der Waals surface area contributed by atoms with Crippen molar-refractivity contribution in [1.82, 2.24) is 14.8 Å².